The van der Waals surface area contributed by atoms with E-state index in [2.05, 4.69) is 22.5 Å². The zero-order valence-corrected chi connectivity index (χ0v) is 16.5. The molecule has 2 aromatic rings. The summed E-state index contributed by atoms with van der Waals surface area (Å²) in [5.41, 5.74) is 1.38. The summed E-state index contributed by atoms with van der Waals surface area (Å²) in [5.74, 6) is 1.46. The first-order valence-electron chi connectivity index (χ1n) is 10.5. The zero-order chi connectivity index (χ0) is 19.5. The minimum atomic E-state index is -0.242. The van der Waals surface area contributed by atoms with Crippen molar-refractivity contribution in [3.05, 3.63) is 64.3 Å². The average Bonchev–Trinajstić information content (AvgIpc) is 2.70. The number of benzene rings is 1. The van der Waals surface area contributed by atoms with Gasteiger partial charge in [0.15, 0.2) is 0 Å². The molecule has 1 fully saturated rings. The average molecular weight is 384 g/mol. The first kappa shape index (κ1) is 19.2. The fourth-order valence-corrected chi connectivity index (χ4v) is 4.99. The minimum absolute atomic E-state index is 0.159. The van der Waals surface area contributed by atoms with Crippen molar-refractivity contribution in [1.29, 1.82) is 0 Å². The molecule has 1 aromatic carbocycles. The second-order valence-corrected chi connectivity index (χ2v) is 8.12. The van der Waals surface area contributed by atoms with Gasteiger partial charge in [-0.1, -0.05) is 19.4 Å². The molecule has 0 radical (unpaired) electrons. The molecule has 0 saturated carbocycles. The van der Waals surface area contributed by atoms with E-state index in [1.54, 1.807) is 18.2 Å². The van der Waals surface area contributed by atoms with Crippen molar-refractivity contribution in [2.24, 2.45) is 5.92 Å². The summed E-state index contributed by atoms with van der Waals surface area (Å²) >= 11 is 0. The molecule has 0 unspecified atom stereocenters. The van der Waals surface area contributed by atoms with Gasteiger partial charge >= 0.3 is 0 Å². The second kappa shape index (κ2) is 8.48. The lowest BCUT2D eigenvalue weighted by Gasteiger charge is -2.47. The number of ether oxygens (including phenoxy) is 1. The highest BCUT2D eigenvalue weighted by molar-refractivity contribution is 5.22. The van der Waals surface area contributed by atoms with E-state index < -0.39 is 0 Å². The van der Waals surface area contributed by atoms with Crippen LogP contribution in [0.1, 0.15) is 50.3 Å². The minimum Gasteiger partial charge on any atom is -0.494 e. The Morgan fingerprint density at radius 1 is 1.14 bits per heavy atom. The van der Waals surface area contributed by atoms with E-state index in [0.717, 1.165) is 38.9 Å². The van der Waals surface area contributed by atoms with Crippen LogP contribution in [0.3, 0.4) is 0 Å². The van der Waals surface area contributed by atoms with Gasteiger partial charge in [-0.25, -0.2) is 4.39 Å². The molecular formula is C23H29FN2O2. The SMILES string of the molecule is CCC[C@H]1[C@H]2C[C@H](CN(CCCOc3ccc(F)cc3)C2)c2cccc(=O)n21. The van der Waals surface area contributed by atoms with Crippen LogP contribution < -0.4 is 10.3 Å². The maximum Gasteiger partial charge on any atom is 0.250 e. The van der Waals surface area contributed by atoms with Crippen LogP contribution in [-0.2, 0) is 0 Å². The van der Waals surface area contributed by atoms with Crippen molar-refractivity contribution >= 4 is 0 Å². The zero-order valence-electron chi connectivity index (χ0n) is 16.5. The van der Waals surface area contributed by atoms with E-state index in [1.165, 1.54) is 24.2 Å². The molecule has 1 saturated heterocycles. The van der Waals surface area contributed by atoms with Crippen molar-refractivity contribution in [2.75, 3.05) is 26.2 Å². The van der Waals surface area contributed by atoms with Gasteiger partial charge in [-0.05, 0) is 55.5 Å². The molecule has 0 spiro atoms. The summed E-state index contributed by atoms with van der Waals surface area (Å²) in [6, 6.07) is 12.3. The van der Waals surface area contributed by atoms with Crippen molar-refractivity contribution in [1.82, 2.24) is 9.47 Å². The third kappa shape index (κ3) is 4.00. The highest BCUT2D eigenvalue weighted by atomic mass is 19.1. The Morgan fingerprint density at radius 3 is 2.75 bits per heavy atom. The quantitative estimate of drug-likeness (QED) is 0.671. The van der Waals surface area contributed by atoms with E-state index in [1.807, 2.05) is 6.07 Å². The summed E-state index contributed by atoms with van der Waals surface area (Å²) in [6.07, 6.45) is 4.29. The number of nitrogens with zero attached hydrogens (tertiary/aromatic N) is 2. The summed E-state index contributed by atoms with van der Waals surface area (Å²) < 4.78 is 20.8. The number of likely N-dealkylation sites (tertiary alicyclic amines) is 1. The van der Waals surface area contributed by atoms with Gasteiger partial charge in [-0.3, -0.25) is 4.79 Å². The fraction of sp³-hybridized carbons (Fsp3) is 0.522. The van der Waals surface area contributed by atoms with Crippen LogP contribution in [0.25, 0.3) is 0 Å². The van der Waals surface area contributed by atoms with Gasteiger partial charge in [0, 0.05) is 43.4 Å². The molecule has 5 heteroatoms. The summed E-state index contributed by atoms with van der Waals surface area (Å²) in [7, 11) is 0. The first-order chi connectivity index (χ1) is 13.7. The lowest BCUT2D eigenvalue weighted by molar-refractivity contribution is 0.0827. The monoisotopic (exact) mass is 384 g/mol. The number of hydrogen-bond acceptors (Lipinski definition) is 3. The first-order valence-corrected chi connectivity index (χ1v) is 10.5. The van der Waals surface area contributed by atoms with Crippen LogP contribution in [0.5, 0.6) is 5.75 Å². The van der Waals surface area contributed by atoms with Crippen molar-refractivity contribution in [2.45, 2.75) is 44.6 Å². The maximum atomic E-state index is 13.0. The van der Waals surface area contributed by atoms with E-state index in [4.69, 9.17) is 4.74 Å². The molecule has 2 aliphatic rings. The standard InChI is InChI=1S/C23H29FN2O2/c1-2-5-21-17-14-18(22-6-3-7-23(27)26(21)22)16-25(15-17)12-4-13-28-20-10-8-19(24)9-11-20/h3,6-11,17-18,21H,2,4-5,12-16H2,1H3/t17-,18+,21-/m0/s1. The van der Waals surface area contributed by atoms with Gasteiger partial charge in [-0.15, -0.1) is 0 Å². The maximum absolute atomic E-state index is 13.0. The molecular weight excluding hydrogens is 355 g/mol. The molecule has 28 heavy (non-hydrogen) atoms. The Bertz CT molecular complexity index is 848. The summed E-state index contributed by atoms with van der Waals surface area (Å²) in [5, 5.41) is 0. The third-order valence-corrected chi connectivity index (χ3v) is 6.16. The van der Waals surface area contributed by atoms with Crippen LogP contribution >= 0.6 is 0 Å². The number of pyridine rings is 1. The Labute approximate surface area is 165 Å². The molecule has 150 valence electrons. The second-order valence-electron chi connectivity index (χ2n) is 8.12. The largest absolute Gasteiger partial charge is 0.494 e. The smallest absolute Gasteiger partial charge is 0.250 e. The number of fused-ring (bicyclic) bond motifs is 4. The molecule has 0 N–H and O–H groups in total. The number of piperidine rings is 1. The van der Waals surface area contributed by atoms with E-state index in [9.17, 15) is 9.18 Å². The molecule has 2 bridgehead atoms. The van der Waals surface area contributed by atoms with Crippen molar-refractivity contribution in [3.63, 3.8) is 0 Å². The number of hydrogen-bond donors (Lipinski definition) is 0. The molecule has 3 atom stereocenters. The summed E-state index contributed by atoms with van der Waals surface area (Å²) in [4.78, 5) is 15.1. The van der Waals surface area contributed by atoms with Crippen LogP contribution in [0.2, 0.25) is 0 Å². The van der Waals surface area contributed by atoms with Crippen LogP contribution in [0.15, 0.2) is 47.3 Å². The van der Waals surface area contributed by atoms with Gasteiger partial charge in [0.1, 0.15) is 11.6 Å². The Kier molecular flexibility index (Phi) is 5.81. The van der Waals surface area contributed by atoms with E-state index >= 15 is 0 Å². The Morgan fingerprint density at radius 2 is 1.96 bits per heavy atom. The van der Waals surface area contributed by atoms with Crippen LogP contribution in [-0.4, -0.2) is 35.7 Å². The predicted molar refractivity (Wildman–Crippen MR) is 108 cm³/mol. The lowest BCUT2D eigenvalue weighted by atomic mass is 9.77. The number of aromatic nitrogens is 1. The van der Waals surface area contributed by atoms with Gasteiger partial charge in [-0.2, -0.15) is 0 Å². The molecule has 0 amide bonds. The number of rotatable bonds is 7. The predicted octanol–water partition coefficient (Wildman–Crippen LogP) is 4.22. The lowest BCUT2D eigenvalue weighted by Crippen LogP contribution is -2.49. The van der Waals surface area contributed by atoms with Gasteiger partial charge in [0.05, 0.1) is 6.61 Å². The molecule has 3 heterocycles. The van der Waals surface area contributed by atoms with Gasteiger partial charge in [0.25, 0.3) is 5.56 Å². The Balaban J connectivity index is 1.38. The topological polar surface area (TPSA) is 34.5 Å². The normalized spacial score (nSPS) is 24.0. The molecule has 4 nitrogen and oxygen atoms in total. The van der Waals surface area contributed by atoms with Crippen molar-refractivity contribution in [3.8, 4) is 5.75 Å². The van der Waals surface area contributed by atoms with Gasteiger partial charge in [0.2, 0.25) is 0 Å². The highest BCUT2D eigenvalue weighted by Crippen LogP contribution is 2.42. The molecule has 0 aliphatic carbocycles. The van der Waals surface area contributed by atoms with E-state index in [0.29, 0.717) is 30.2 Å². The van der Waals surface area contributed by atoms with Crippen molar-refractivity contribution < 1.29 is 9.13 Å². The van der Waals surface area contributed by atoms with Crippen LogP contribution in [0.4, 0.5) is 4.39 Å². The number of halogens is 1. The van der Waals surface area contributed by atoms with E-state index in [-0.39, 0.29) is 11.4 Å². The molecule has 2 aliphatic heterocycles. The van der Waals surface area contributed by atoms with Crippen LogP contribution in [0, 0.1) is 11.7 Å². The molecule has 4 rings (SSSR count). The Hall–Kier alpha value is -2.14. The van der Waals surface area contributed by atoms with Gasteiger partial charge < -0.3 is 14.2 Å². The fourth-order valence-electron chi connectivity index (χ4n) is 4.99. The highest BCUT2D eigenvalue weighted by Gasteiger charge is 2.39. The third-order valence-electron chi connectivity index (χ3n) is 6.16. The molecule has 1 aromatic heterocycles. The summed E-state index contributed by atoms with van der Waals surface area (Å²) in [6.45, 7) is 5.89.